The number of aromatic nitrogens is 2. The van der Waals surface area contributed by atoms with Crippen molar-refractivity contribution in [3.63, 3.8) is 0 Å². The van der Waals surface area contributed by atoms with Crippen molar-refractivity contribution in [2.75, 3.05) is 25.0 Å². The summed E-state index contributed by atoms with van der Waals surface area (Å²) in [7, 11) is 0. The van der Waals surface area contributed by atoms with Crippen molar-refractivity contribution in [1.29, 1.82) is 0 Å². The first kappa shape index (κ1) is 21.7. The predicted octanol–water partition coefficient (Wildman–Crippen LogP) is 2.92. The summed E-state index contributed by atoms with van der Waals surface area (Å²) in [6.45, 7) is 3.48. The number of aromatic amines is 1. The fourth-order valence-electron chi connectivity index (χ4n) is 2.78. The molecule has 2 heterocycles. The maximum absolute atomic E-state index is 12.0. The Labute approximate surface area is 181 Å². The van der Waals surface area contributed by atoms with Gasteiger partial charge in [0, 0.05) is 36.4 Å². The summed E-state index contributed by atoms with van der Waals surface area (Å²) in [5.74, 6) is 0.440. The lowest BCUT2D eigenvalue weighted by Gasteiger charge is -2.11. The van der Waals surface area contributed by atoms with Gasteiger partial charge in [-0.25, -0.2) is 4.99 Å². The standard InChI is InChI=1S/C20H24N6O.HI/c1-2-22-20(25-14-19(27)26-16-6-5-10-21-13-16)23-11-9-15-12-24-18-8-4-3-7-17(15)18;/h3-8,10,12-13,24H,2,9,11,14H2,1H3,(H,26,27)(H2,22,23,25);1H. The van der Waals surface area contributed by atoms with Crippen LogP contribution in [-0.4, -0.2) is 41.5 Å². The van der Waals surface area contributed by atoms with Crippen LogP contribution in [-0.2, 0) is 11.2 Å². The highest BCUT2D eigenvalue weighted by Gasteiger charge is 2.05. The first-order valence-electron chi connectivity index (χ1n) is 9.03. The number of hydrogen-bond donors (Lipinski definition) is 4. The molecular weight excluding hydrogens is 467 g/mol. The van der Waals surface area contributed by atoms with Gasteiger partial charge in [0.15, 0.2) is 5.96 Å². The van der Waals surface area contributed by atoms with E-state index in [0.717, 1.165) is 25.0 Å². The number of aliphatic imine (C=N–C) groups is 1. The lowest BCUT2D eigenvalue weighted by atomic mass is 10.1. The number of benzene rings is 1. The molecule has 0 bridgehead atoms. The van der Waals surface area contributed by atoms with Crippen LogP contribution >= 0.6 is 24.0 Å². The van der Waals surface area contributed by atoms with Gasteiger partial charge in [-0.1, -0.05) is 18.2 Å². The van der Waals surface area contributed by atoms with Crippen molar-refractivity contribution in [2.45, 2.75) is 13.3 Å². The lowest BCUT2D eigenvalue weighted by molar-refractivity contribution is -0.114. The average molecular weight is 492 g/mol. The number of H-pyrrole nitrogens is 1. The number of nitrogens with zero attached hydrogens (tertiary/aromatic N) is 2. The second-order valence-electron chi connectivity index (χ2n) is 6.02. The van der Waals surface area contributed by atoms with E-state index in [4.69, 9.17) is 0 Å². The highest BCUT2D eigenvalue weighted by molar-refractivity contribution is 14.0. The monoisotopic (exact) mass is 492 g/mol. The fourth-order valence-corrected chi connectivity index (χ4v) is 2.78. The average Bonchev–Trinajstić information content (AvgIpc) is 3.10. The molecule has 0 saturated heterocycles. The maximum Gasteiger partial charge on any atom is 0.246 e. The molecule has 28 heavy (non-hydrogen) atoms. The minimum Gasteiger partial charge on any atom is -0.361 e. The molecule has 0 unspecified atom stereocenters. The minimum absolute atomic E-state index is 0. The number of fused-ring (bicyclic) bond motifs is 1. The van der Waals surface area contributed by atoms with Crippen LogP contribution in [0.5, 0.6) is 0 Å². The summed E-state index contributed by atoms with van der Waals surface area (Å²) in [5, 5.41) is 10.4. The number of hydrogen-bond acceptors (Lipinski definition) is 3. The Morgan fingerprint density at radius 1 is 1.18 bits per heavy atom. The van der Waals surface area contributed by atoms with Gasteiger partial charge in [0.1, 0.15) is 6.54 Å². The van der Waals surface area contributed by atoms with Gasteiger partial charge in [-0.3, -0.25) is 9.78 Å². The molecule has 2 aromatic heterocycles. The Hall–Kier alpha value is -2.62. The third kappa shape index (κ3) is 6.22. The summed E-state index contributed by atoms with van der Waals surface area (Å²) >= 11 is 0. The second-order valence-corrected chi connectivity index (χ2v) is 6.02. The molecule has 3 rings (SSSR count). The smallest absolute Gasteiger partial charge is 0.246 e. The summed E-state index contributed by atoms with van der Waals surface area (Å²) in [6.07, 6.45) is 6.16. The Kier molecular flexibility index (Phi) is 8.73. The van der Waals surface area contributed by atoms with Gasteiger partial charge >= 0.3 is 0 Å². The van der Waals surface area contributed by atoms with E-state index in [-0.39, 0.29) is 36.4 Å². The van der Waals surface area contributed by atoms with Crippen LogP contribution in [0.3, 0.4) is 0 Å². The van der Waals surface area contributed by atoms with E-state index in [1.54, 1.807) is 24.5 Å². The van der Waals surface area contributed by atoms with Crippen LogP contribution in [0.2, 0.25) is 0 Å². The fraction of sp³-hybridized carbons (Fsp3) is 0.250. The molecule has 148 valence electrons. The quantitative estimate of drug-likeness (QED) is 0.232. The second kappa shape index (κ2) is 11.3. The normalized spacial score (nSPS) is 11.0. The van der Waals surface area contributed by atoms with Crippen LogP contribution in [0.25, 0.3) is 10.9 Å². The minimum atomic E-state index is -0.183. The zero-order valence-electron chi connectivity index (χ0n) is 15.7. The molecule has 4 N–H and O–H groups in total. The number of anilines is 1. The SMILES string of the molecule is CCNC(=NCC(=O)Nc1cccnc1)NCCc1c[nH]c2ccccc12.I. The number of pyridine rings is 1. The van der Waals surface area contributed by atoms with Gasteiger partial charge in [-0.15, -0.1) is 24.0 Å². The highest BCUT2D eigenvalue weighted by atomic mass is 127. The Morgan fingerprint density at radius 2 is 2.04 bits per heavy atom. The van der Waals surface area contributed by atoms with Crippen molar-refractivity contribution < 1.29 is 4.79 Å². The number of amides is 1. The molecule has 0 fully saturated rings. The van der Waals surface area contributed by atoms with E-state index >= 15 is 0 Å². The van der Waals surface area contributed by atoms with E-state index in [2.05, 4.69) is 43.0 Å². The molecule has 0 aliphatic carbocycles. The molecule has 1 amide bonds. The Bertz CT molecular complexity index is 909. The summed E-state index contributed by atoms with van der Waals surface area (Å²) in [5.41, 5.74) is 3.05. The molecule has 3 aromatic rings. The highest BCUT2D eigenvalue weighted by Crippen LogP contribution is 2.17. The number of carbonyl (C=O) groups excluding carboxylic acids is 1. The van der Waals surface area contributed by atoms with Crippen LogP contribution in [0, 0.1) is 0 Å². The molecule has 0 saturated carbocycles. The van der Waals surface area contributed by atoms with Gasteiger partial charge in [0.2, 0.25) is 5.91 Å². The van der Waals surface area contributed by atoms with Crippen molar-refractivity contribution in [1.82, 2.24) is 20.6 Å². The maximum atomic E-state index is 12.0. The molecule has 0 aliphatic rings. The Morgan fingerprint density at radius 3 is 2.82 bits per heavy atom. The van der Waals surface area contributed by atoms with E-state index in [0.29, 0.717) is 11.6 Å². The van der Waals surface area contributed by atoms with E-state index in [1.165, 1.54) is 10.9 Å². The van der Waals surface area contributed by atoms with Crippen LogP contribution < -0.4 is 16.0 Å². The molecule has 7 nitrogen and oxygen atoms in total. The van der Waals surface area contributed by atoms with Gasteiger partial charge in [-0.05, 0) is 37.1 Å². The van der Waals surface area contributed by atoms with Gasteiger partial charge in [-0.2, -0.15) is 0 Å². The summed E-state index contributed by atoms with van der Waals surface area (Å²) < 4.78 is 0. The Balaban J connectivity index is 0.00000280. The lowest BCUT2D eigenvalue weighted by Crippen LogP contribution is -2.39. The zero-order valence-corrected chi connectivity index (χ0v) is 18.1. The predicted molar refractivity (Wildman–Crippen MR) is 124 cm³/mol. The molecule has 0 spiro atoms. The molecule has 1 aromatic carbocycles. The van der Waals surface area contributed by atoms with Crippen molar-refractivity contribution in [3.8, 4) is 0 Å². The van der Waals surface area contributed by atoms with Crippen molar-refractivity contribution in [3.05, 3.63) is 60.6 Å². The number of rotatable bonds is 7. The van der Waals surface area contributed by atoms with E-state index in [9.17, 15) is 4.79 Å². The number of halogens is 1. The zero-order chi connectivity index (χ0) is 18.9. The van der Waals surface area contributed by atoms with Crippen molar-refractivity contribution >= 4 is 52.4 Å². The molecule has 0 atom stereocenters. The molecule has 8 heteroatoms. The number of carbonyl (C=O) groups is 1. The number of guanidine groups is 1. The molecule has 0 aliphatic heterocycles. The van der Waals surface area contributed by atoms with Crippen LogP contribution in [0.15, 0.2) is 60.0 Å². The van der Waals surface area contributed by atoms with E-state index < -0.39 is 0 Å². The van der Waals surface area contributed by atoms with Gasteiger partial charge < -0.3 is 20.9 Å². The number of nitrogens with one attached hydrogen (secondary N) is 4. The van der Waals surface area contributed by atoms with Crippen LogP contribution in [0.1, 0.15) is 12.5 Å². The largest absolute Gasteiger partial charge is 0.361 e. The number of para-hydroxylation sites is 1. The molecule has 0 radical (unpaired) electrons. The first-order chi connectivity index (χ1) is 13.3. The summed E-state index contributed by atoms with van der Waals surface area (Å²) in [6, 6.07) is 11.8. The first-order valence-corrected chi connectivity index (χ1v) is 9.03. The summed E-state index contributed by atoms with van der Waals surface area (Å²) in [4.78, 5) is 23.6. The third-order valence-corrected chi connectivity index (χ3v) is 4.03. The van der Waals surface area contributed by atoms with Crippen molar-refractivity contribution in [2.24, 2.45) is 4.99 Å². The molecular formula is C20H25IN6O. The van der Waals surface area contributed by atoms with Crippen LogP contribution in [0.4, 0.5) is 5.69 Å². The van der Waals surface area contributed by atoms with Gasteiger partial charge in [0.05, 0.1) is 11.9 Å². The van der Waals surface area contributed by atoms with Gasteiger partial charge in [0.25, 0.3) is 0 Å². The topological polar surface area (TPSA) is 94.2 Å². The van der Waals surface area contributed by atoms with E-state index in [1.807, 2.05) is 25.3 Å². The third-order valence-electron chi connectivity index (χ3n) is 4.03.